The van der Waals surface area contributed by atoms with Crippen molar-refractivity contribution in [1.29, 1.82) is 0 Å². The fourth-order valence-corrected chi connectivity index (χ4v) is 1.29. The van der Waals surface area contributed by atoms with E-state index in [1.165, 1.54) is 5.56 Å². The summed E-state index contributed by atoms with van der Waals surface area (Å²) in [5.41, 5.74) is 2.26. The molecule has 0 saturated carbocycles. The third-order valence-electron chi connectivity index (χ3n) is 2.19. The molecule has 2 heterocycles. The number of aromatic nitrogens is 1. The van der Waals surface area contributed by atoms with Crippen molar-refractivity contribution in [1.82, 2.24) is 10.3 Å². The topological polar surface area (TPSA) is 34.1 Å². The Bertz CT molecular complexity index is 284. The van der Waals surface area contributed by atoms with Gasteiger partial charge in [-0.3, -0.25) is 4.98 Å². The van der Waals surface area contributed by atoms with Gasteiger partial charge in [-0.15, -0.1) is 0 Å². The molecule has 1 N–H and O–H groups in total. The summed E-state index contributed by atoms with van der Waals surface area (Å²) in [6, 6.07) is 4.06. The van der Waals surface area contributed by atoms with Crippen molar-refractivity contribution in [3.8, 4) is 0 Å². The largest absolute Gasteiger partial charge is 0.371 e. The van der Waals surface area contributed by atoms with Crippen LogP contribution in [0.25, 0.3) is 0 Å². The maximum absolute atomic E-state index is 5.63. The summed E-state index contributed by atoms with van der Waals surface area (Å²) in [5.74, 6) is 0. The van der Waals surface area contributed by atoms with Crippen molar-refractivity contribution in [2.45, 2.75) is 19.6 Å². The molecule has 1 aromatic heterocycles. The fourth-order valence-electron chi connectivity index (χ4n) is 1.29. The second-order valence-electron chi connectivity index (χ2n) is 3.40. The molecule has 1 saturated heterocycles. The van der Waals surface area contributed by atoms with Gasteiger partial charge in [-0.1, -0.05) is 0 Å². The molecule has 1 aromatic rings. The van der Waals surface area contributed by atoms with Gasteiger partial charge in [-0.25, -0.2) is 0 Å². The molecule has 1 fully saturated rings. The van der Waals surface area contributed by atoms with Crippen LogP contribution in [0.15, 0.2) is 18.3 Å². The van der Waals surface area contributed by atoms with Crippen molar-refractivity contribution >= 4 is 0 Å². The molecule has 0 aromatic carbocycles. The van der Waals surface area contributed by atoms with Crippen molar-refractivity contribution in [2.75, 3.05) is 13.1 Å². The predicted octanol–water partition coefficient (Wildman–Crippen LogP) is 0.878. The van der Waals surface area contributed by atoms with Crippen LogP contribution in [-0.2, 0) is 11.3 Å². The normalized spacial score (nSPS) is 17.0. The number of nitrogens with zero attached hydrogens (tertiary/aromatic N) is 1. The Morgan fingerprint density at radius 1 is 1.62 bits per heavy atom. The van der Waals surface area contributed by atoms with Crippen LogP contribution in [0.3, 0.4) is 0 Å². The third kappa shape index (κ3) is 2.26. The lowest BCUT2D eigenvalue weighted by atomic mass is 10.2. The molecule has 0 aliphatic carbocycles. The van der Waals surface area contributed by atoms with Gasteiger partial charge in [0.1, 0.15) is 0 Å². The fraction of sp³-hybridized carbons (Fsp3) is 0.500. The van der Waals surface area contributed by atoms with E-state index in [4.69, 9.17) is 4.74 Å². The molecule has 0 unspecified atom stereocenters. The van der Waals surface area contributed by atoms with Crippen molar-refractivity contribution in [3.05, 3.63) is 29.6 Å². The Balaban J connectivity index is 1.86. The van der Waals surface area contributed by atoms with Crippen LogP contribution in [0.2, 0.25) is 0 Å². The summed E-state index contributed by atoms with van der Waals surface area (Å²) in [6.45, 7) is 4.68. The molecule has 1 aliphatic heterocycles. The molecule has 0 spiro atoms. The lowest BCUT2D eigenvalue weighted by Gasteiger charge is -2.27. The molecular formula is C10H14N2O. The van der Waals surface area contributed by atoms with E-state index >= 15 is 0 Å². The smallest absolute Gasteiger partial charge is 0.0828 e. The number of hydrogen-bond acceptors (Lipinski definition) is 3. The van der Waals surface area contributed by atoms with Crippen molar-refractivity contribution < 1.29 is 4.74 Å². The number of ether oxygens (including phenoxy) is 1. The van der Waals surface area contributed by atoms with Crippen LogP contribution in [-0.4, -0.2) is 24.2 Å². The minimum Gasteiger partial charge on any atom is -0.371 e. The first kappa shape index (κ1) is 8.66. The predicted molar refractivity (Wildman–Crippen MR) is 50.4 cm³/mol. The molecule has 0 atom stereocenters. The van der Waals surface area contributed by atoms with Gasteiger partial charge in [0.2, 0.25) is 0 Å². The van der Waals surface area contributed by atoms with Crippen LogP contribution in [0.4, 0.5) is 0 Å². The monoisotopic (exact) mass is 178 g/mol. The number of hydrogen-bond donors (Lipinski definition) is 1. The first-order chi connectivity index (χ1) is 6.34. The quantitative estimate of drug-likeness (QED) is 0.746. The lowest BCUT2D eigenvalue weighted by Crippen LogP contribution is -2.48. The Hall–Kier alpha value is -0.930. The van der Waals surface area contributed by atoms with Crippen LogP contribution in [0.1, 0.15) is 11.3 Å². The van der Waals surface area contributed by atoms with Crippen molar-refractivity contribution in [2.24, 2.45) is 0 Å². The van der Waals surface area contributed by atoms with Gasteiger partial charge >= 0.3 is 0 Å². The van der Waals surface area contributed by atoms with Gasteiger partial charge in [-0.2, -0.15) is 0 Å². The van der Waals surface area contributed by atoms with E-state index in [1.54, 1.807) is 0 Å². The molecule has 0 radical (unpaired) electrons. The molecule has 0 bridgehead atoms. The lowest BCUT2D eigenvalue weighted by molar-refractivity contribution is 0.00753. The summed E-state index contributed by atoms with van der Waals surface area (Å²) in [5, 5.41) is 3.17. The van der Waals surface area contributed by atoms with E-state index in [1.807, 2.05) is 19.2 Å². The van der Waals surface area contributed by atoms with Gasteiger partial charge < -0.3 is 10.1 Å². The number of nitrogens with one attached hydrogen (secondary N) is 1. The first-order valence-corrected chi connectivity index (χ1v) is 4.58. The Labute approximate surface area is 78.1 Å². The van der Waals surface area contributed by atoms with E-state index in [2.05, 4.69) is 16.4 Å². The average Bonchev–Trinajstić information content (AvgIpc) is 2.01. The number of aryl methyl sites for hydroxylation is 1. The van der Waals surface area contributed by atoms with Gasteiger partial charge in [0, 0.05) is 25.0 Å². The number of rotatable bonds is 3. The Kier molecular flexibility index (Phi) is 2.57. The summed E-state index contributed by atoms with van der Waals surface area (Å²) in [4.78, 5) is 4.13. The minimum absolute atomic E-state index is 0.411. The summed E-state index contributed by atoms with van der Waals surface area (Å²) >= 11 is 0. The molecule has 1 aliphatic rings. The number of pyridine rings is 1. The zero-order valence-electron chi connectivity index (χ0n) is 7.79. The van der Waals surface area contributed by atoms with E-state index in [9.17, 15) is 0 Å². The SMILES string of the molecule is Cc1cc(COC2CNC2)ccn1. The zero-order chi connectivity index (χ0) is 9.10. The summed E-state index contributed by atoms with van der Waals surface area (Å²) in [7, 11) is 0. The van der Waals surface area contributed by atoms with Crippen molar-refractivity contribution in [3.63, 3.8) is 0 Å². The van der Waals surface area contributed by atoms with Gasteiger partial charge in [0.25, 0.3) is 0 Å². The van der Waals surface area contributed by atoms with Crippen LogP contribution in [0, 0.1) is 6.92 Å². The second-order valence-corrected chi connectivity index (χ2v) is 3.40. The summed E-state index contributed by atoms with van der Waals surface area (Å²) < 4.78 is 5.63. The standard InChI is InChI=1S/C10H14N2O/c1-8-4-9(2-3-12-8)7-13-10-5-11-6-10/h2-4,10-11H,5-7H2,1H3. The maximum Gasteiger partial charge on any atom is 0.0828 e. The maximum atomic E-state index is 5.63. The minimum atomic E-state index is 0.411. The third-order valence-corrected chi connectivity index (χ3v) is 2.19. The second kappa shape index (κ2) is 3.85. The molecule has 13 heavy (non-hydrogen) atoms. The average molecular weight is 178 g/mol. The van der Waals surface area contributed by atoms with Crippen LogP contribution < -0.4 is 5.32 Å². The molecule has 0 amide bonds. The highest BCUT2D eigenvalue weighted by molar-refractivity contribution is 5.14. The Morgan fingerprint density at radius 3 is 3.08 bits per heavy atom. The van der Waals surface area contributed by atoms with Gasteiger partial charge in [0.05, 0.1) is 12.7 Å². The van der Waals surface area contributed by atoms with Crippen LogP contribution in [0.5, 0.6) is 0 Å². The van der Waals surface area contributed by atoms with E-state index < -0.39 is 0 Å². The highest BCUT2D eigenvalue weighted by Crippen LogP contribution is 2.06. The van der Waals surface area contributed by atoms with Gasteiger partial charge in [0.15, 0.2) is 0 Å². The molecule has 70 valence electrons. The Morgan fingerprint density at radius 2 is 2.46 bits per heavy atom. The molecule has 3 nitrogen and oxygen atoms in total. The highest BCUT2D eigenvalue weighted by Gasteiger charge is 2.16. The van der Waals surface area contributed by atoms with Gasteiger partial charge in [-0.05, 0) is 24.6 Å². The molecule has 2 rings (SSSR count). The summed E-state index contributed by atoms with van der Waals surface area (Å²) in [6.07, 6.45) is 2.24. The van der Waals surface area contributed by atoms with E-state index in [-0.39, 0.29) is 0 Å². The van der Waals surface area contributed by atoms with Crippen LogP contribution >= 0.6 is 0 Å². The zero-order valence-corrected chi connectivity index (χ0v) is 7.79. The van der Waals surface area contributed by atoms with E-state index in [0.29, 0.717) is 12.7 Å². The molecular weight excluding hydrogens is 164 g/mol. The molecule has 3 heteroatoms. The van der Waals surface area contributed by atoms with E-state index in [0.717, 1.165) is 18.8 Å². The first-order valence-electron chi connectivity index (χ1n) is 4.58. The highest BCUT2D eigenvalue weighted by atomic mass is 16.5.